The molecular weight excluding hydrogens is 223 g/mol. The van der Waals surface area contributed by atoms with Crippen LogP contribution in [-0.4, -0.2) is 5.67 Å². The number of hydrogen-bond acceptors (Lipinski definition) is 0. The summed E-state index contributed by atoms with van der Waals surface area (Å²) >= 11 is 0. The Kier molecular flexibility index (Phi) is 5.09. The molecule has 2 fully saturated rings. The van der Waals surface area contributed by atoms with Gasteiger partial charge in [0.15, 0.2) is 0 Å². The second-order valence-electron chi connectivity index (χ2n) is 6.93. The van der Waals surface area contributed by atoms with Crippen molar-refractivity contribution >= 4 is 0 Å². The molecule has 0 unspecified atom stereocenters. The minimum Gasteiger partial charge on any atom is -0.244 e. The minimum atomic E-state index is -0.800. The van der Waals surface area contributed by atoms with Crippen LogP contribution in [0.1, 0.15) is 84.5 Å². The third-order valence-corrected chi connectivity index (χ3v) is 5.76. The van der Waals surface area contributed by atoms with Gasteiger partial charge in [0.2, 0.25) is 0 Å². The van der Waals surface area contributed by atoms with Crippen molar-refractivity contribution < 1.29 is 4.39 Å². The molecule has 0 radical (unpaired) electrons. The van der Waals surface area contributed by atoms with Gasteiger partial charge >= 0.3 is 0 Å². The van der Waals surface area contributed by atoms with Crippen LogP contribution < -0.4 is 0 Å². The lowest BCUT2D eigenvalue weighted by Gasteiger charge is -2.40. The SMILES string of the molecule is CCC[C@]1(F)CC[C@@H](C2CCC(CC)CC2)CC1. The van der Waals surface area contributed by atoms with Crippen molar-refractivity contribution in [1.82, 2.24) is 0 Å². The molecular formula is C17H31F. The smallest absolute Gasteiger partial charge is 0.111 e. The van der Waals surface area contributed by atoms with E-state index in [1.54, 1.807) is 0 Å². The Morgan fingerprint density at radius 2 is 1.44 bits per heavy atom. The first-order chi connectivity index (χ1) is 8.67. The van der Waals surface area contributed by atoms with Gasteiger partial charge in [-0.15, -0.1) is 0 Å². The third kappa shape index (κ3) is 3.48. The Morgan fingerprint density at radius 1 is 0.889 bits per heavy atom. The van der Waals surface area contributed by atoms with Crippen LogP contribution in [0.25, 0.3) is 0 Å². The van der Waals surface area contributed by atoms with Crippen LogP contribution in [-0.2, 0) is 0 Å². The summed E-state index contributed by atoms with van der Waals surface area (Å²) in [4.78, 5) is 0. The molecule has 0 atom stereocenters. The predicted molar refractivity (Wildman–Crippen MR) is 76.4 cm³/mol. The van der Waals surface area contributed by atoms with Gasteiger partial charge in [0.05, 0.1) is 0 Å². The number of hydrogen-bond donors (Lipinski definition) is 0. The summed E-state index contributed by atoms with van der Waals surface area (Å²) in [5, 5.41) is 0. The Bertz CT molecular complexity index is 232. The molecule has 0 aliphatic heterocycles. The fourth-order valence-corrected chi connectivity index (χ4v) is 4.39. The van der Waals surface area contributed by atoms with Crippen molar-refractivity contribution in [3.8, 4) is 0 Å². The Morgan fingerprint density at radius 3 is 1.94 bits per heavy atom. The zero-order chi connectivity index (χ0) is 13.0. The second kappa shape index (κ2) is 6.39. The normalized spacial score (nSPS) is 41.8. The molecule has 0 amide bonds. The first-order valence-electron chi connectivity index (χ1n) is 8.35. The topological polar surface area (TPSA) is 0 Å². The van der Waals surface area contributed by atoms with Gasteiger partial charge in [-0.2, -0.15) is 0 Å². The minimum absolute atomic E-state index is 0.794. The fraction of sp³-hybridized carbons (Fsp3) is 1.00. The summed E-state index contributed by atoms with van der Waals surface area (Å²) in [5.74, 6) is 2.77. The molecule has 106 valence electrons. The highest BCUT2D eigenvalue weighted by Gasteiger charge is 2.37. The van der Waals surface area contributed by atoms with Crippen molar-refractivity contribution in [2.24, 2.45) is 17.8 Å². The standard InChI is InChI=1S/C17H31F/c1-3-11-17(18)12-9-16(10-13-17)15-7-5-14(4-2)6-8-15/h14-16H,3-13H2,1-2H3/t14?,15?,16-,17+. The Hall–Kier alpha value is -0.0700. The maximum atomic E-state index is 14.4. The summed E-state index contributed by atoms with van der Waals surface area (Å²) in [7, 11) is 0. The molecule has 2 saturated carbocycles. The number of rotatable bonds is 4. The number of alkyl halides is 1. The molecule has 2 rings (SSSR count). The van der Waals surface area contributed by atoms with Crippen molar-refractivity contribution in [3.63, 3.8) is 0 Å². The molecule has 0 N–H and O–H groups in total. The molecule has 0 heterocycles. The highest BCUT2D eigenvalue weighted by Crippen LogP contribution is 2.45. The molecule has 18 heavy (non-hydrogen) atoms. The van der Waals surface area contributed by atoms with Gasteiger partial charge in [0, 0.05) is 0 Å². The lowest BCUT2D eigenvalue weighted by molar-refractivity contribution is 0.0473. The second-order valence-corrected chi connectivity index (χ2v) is 6.93. The van der Waals surface area contributed by atoms with Gasteiger partial charge in [-0.25, -0.2) is 4.39 Å². The zero-order valence-electron chi connectivity index (χ0n) is 12.4. The van der Waals surface area contributed by atoms with Gasteiger partial charge in [-0.05, 0) is 62.7 Å². The largest absolute Gasteiger partial charge is 0.244 e. The van der Waals surface area contributed by atoms with E-state index in [1.807, 2.05) is 0 Å². The lowest BCUT2D eigenvalue weighted by Crippen LogP contribution is -2.33. The van der Waals surface area contributed by atoms with Crippen LogP contribution in [0.15, 0.2) is 0 Å². The molecule has 0 nitrogen and oxygen atoms in total. The quantitative estimate of drug-likeness (QED) is 0.585. The lowest BCUT2D eigenvalue weighted by atomic mass is 9.67. The van der Waals surface area contributed by atoms with E-state index in [9.17, 15) is 4.39 Å². The van der Waals surface area contributed by atoms with Gasteiger partial charge in [-0.1, -0.05) is 39.5 Å². The highest BCUT2D eigenvalue weighted by molar-refractivity contribution is 4.89. The van der Waals surface area contributed by atoms with E-state index in [2.05, 4.69) is 13.8 Å². The van der Waals surface area contributed by atoms with E-state index in [4.69, 9.17) is 0 Å². The summed E-state index contributed by atoms with van der Waals surface area (Å²) in [6.45, 7) is 4.44. The first-order valence-corrected chi connectivity index (χ1v) is 8.35. The van der Waals surface area contributed by atoms with Crippen molar-refractivity contribution in [2.45, 2.75) is 90.1 Å². The van der Waals surface area contributed by atoms with E-state index in [0.29, 0.717) is 0 Å². The van der Waals surface area contributed by atoms with Crippen LogP contribution in [0.4, 0.5) is 4.39 Å². The maximum Gasteiger partial charge on any atom is 0.111 e. The van der Waals surface area contributed by atoms with Gasteiger partial charge < -0.3 is 0 Å². The summed E-state index contributed by atoms with van der Waals surface area (Å²) in [6.07, 6.45) is 12.9. The Balaban J connectivity index is 1.76. The van der Waals surface area contributed by atoms with Crippen LogP contribution in [0.2, 0.25) is 0 Å². The van der Waals surface area contributed by atoms with E-state index >= 15 is 0 Å². The van der Waals surface area contributed by atoms with Gasteiger partial charge in [-0.3, -0.25) is 0 Å². The van der Waals surface area contributed by atoms with Crippen molar-refractivity contribution in [2.75, 3.05) is 0 Å². The van der Waals surface area contributed by atoms with E-state index in [-0.39, 0.29) is 0 Å². The number of halogens is 1. The molecule has 0 aromatic rings. The first kappa shape index (κ1) is 14.3. The predicted octanol–water partition coefficient (Wildman–Crippen LogP) is 5.90. The maximum absolute atomic E-state index is 14.4. The average Bonchev–Trinajstić information content (AvgIpc) is 2.40. The zero-order valence-corrected chi connectivity index (χ0v) is 12.4. The summed E-state index contributed by atoms with van der Waals surface area (Å²) < 4.78 is 14.4. The van der Waals surface area contributed by atoms with E-state index in [0.717, 1.165) is 56.3 Å². The van der Waals surface area contributed by atoms with Gasteiger partial charge in [0.1, 0.15) is 5.67 Å². The molecule has 0 aromatic carbocycles. The van der Waals surface area contributed by atoms with Crippen LogP contribution in [0.5, 0.6) is 0 Å². The van der Waals surface area contributed by atoms with Crippen LogP contribution >= 0.6 is 0 Å². The van der Waals surface area contributed by atoms with Gasteiger partial charge in [0.25, 0.3) is 0 Å². The van der Waals surface area contributed by atoms with Crippen molar-refractivity contribution in [3.05, 3.63) is 0 Å². The average molecular weight is 254 g/mol. The van der Waals surface area contributed by atoms with Crippen molar-refractivity contribution in [1.29, 1.82) is 0 Å². The molecule has 1 heteroatoms. The molecule has 0 saturated heterocycles. The van der Waals surface area contributed by atoms with Crippen LogP contribution in [0.3, 0.4) is 0 Å². The Labute approximate surface area is 113 Å². The molecule has 0 aromatic heterocycles. The van der Waals surface area contributed by atoms with Crippen LogP contribution in [0, 0.1) is 17.8 Å². The highest BCUT2D eigenvalue weighted by atomic mass is 19.1. The fourth-order valence-electron chi connectivity index (χ4n) is 4.39. The third-order valence-electron chi connectivity index (χ3n) is 5.76. The van der Waals surface area contributed by atoms with E-state index in [1.165, 1.54) is 32.1 Å². The van der Waals surface area contributed by atoms with E-state index < -0.39 is 5.67 Å². The summed E-state index contributed by atoms with van der Waals surface area (Å²) in [5.41, 5.74) is -0.800. The molecule has 2 aliphatic carbocycles. The monoisotopic (exact) mass is 254 g/mol. The molecule has 0 spiro atoms. The molecule has 2 aliphatic rings. The molecule has 0 bridgehead atoms. The summed E-state index contributed by atoms with van der Waals surface area (Å²) in [6, 6.07) is 0.